The van der Waals surface area contributed by atoms with Crippen LogP contribution in [-0.4, -0.2) is 9.97 Å². The third-order valence-electron chi connectivity index (χ3n) is 2.82. The molecule has 0 fully saturated rings. The molecule has 2 rings (SSSR count). The van der Waals surface area contributed by atoms with Gasteiger partial charge in [0.1, 0.15) is 10.3 Å². The first-order valence-electron chi connectivity index (χ1n) is 5.79. The summed E-state index contributed by atoms with van der Waals surface area (Å²) in [6.07, 6.45) is 0. The number of benzene rings is 1. The van der Waals surface area contributed by atoms with E-state index in [0.717, 1.165) is 16.7 Å². The molecule has 0 bridgehead atoms. The van der Waals surface area contributed by atoms with Gasteiger partial charge in [-0.05, 0) is 18.4 Å². The van der Waals surface area contributed by atoms with Crippen LogP contribution in [0.25, 0.3) is 11.4 Å². The Labute approximate surface area is 117 Å². The van der Waals surface area contributed by atoms with Crippen LogP contribution in [0.3, 0.4) is 0 Å². The summed E-state index contributed by atoms with van der Waals surface area (Å²) in [7, 11) is 0. The van der Waals surface area contributed by atoms with Gasteiger partial charge in [0.2, 0.25) is 0 Å². The lowest BCUT2D eigenvalue weighted by molar-refractivity contribution is 0.848. The van der Waals surface area contributed by atoms with Gasteiger partial charge < -0.3 is 0 Å². The minimum absolute atomic E-state index is 0.205. The number of aryl methyl sites for hydroxylation is 1. The van der Waals surface area contributed by atoms with Crippen molar-refractivity contribution in [2.24, 2.45) is 0 Å². The van der Waals surface area contributed by atoms with Crippen molar-refractivity contribution in [1.82, 2.24) is 9.97 Å². The second kappa shape index (κ2) is 5.25. The van der Waals surface area contributed by atoms with E-state index in [1.165, 1.54) is 0 Å². The molecule has 1 aromatic carbocycles. The molecule has 0 radical (unpaired) electrons. The maximum atomic E-state index is 6.20. The quantitative estimate of drug-likeness (QED) is 0.733. The third-order valence-corrected chi connectivity index (χ3v) is 3.39. The number of rotatable bonds is 2. The van der Waals surface area contributed by atoms with Crippen LogP contribution in [0.5, 0.6) is 0 Å². The maximum Gasteiger partial charge on any atom is 0.162 e. The van der Waals surface area contributed by atoms with E-state index >= 15 is 0 Å². The minimum Gasteiger partial charge on any atom is -0.216 e. The Kier molecular flexibility index (Phi) is 3.88. The van der Waals surface area contributed by atoms with Crippen LogP contribution < -0.4 is 0 Å². The summed E-state index contributed by atoms with van der Waals surface area (Å²) in [5.41, 5.74) is 2.86. The van der Waals surface area contributed by atoms with Crippen LogP contribution >= 0.6 is 23.2 Å². The van der Waals surface area contributed by atoms with Gasteiger partial charge in [0, 0.05) is 11.1 Å². The molecule has 94 valence electrons. The van der Waals surface area contributed by atoms with E-state index in [1.807, 2.05) is 45.0 Å². The largest absolute Gasteiger partial charge is 0.216 e. The Morgan fingerprint density at radius 3 is 2.06 bits per heavy atom. The Bertz CT molecular complexity index is 557. The highest BCUT2D eigenvalue weighted by molar-refractivity contribution is 6.34. The fraction of sp³-hybridized carbons (Fsp3) is 0.286. The van der Waals surface area contributed by atoms with Crippen molar-refractivity contribution in [3.8, 4) is 11.4 Å². The summed E-state index contributed by atoms with van der Waals surface area (Å²) in [6.45, 7) is 6.05. The predicted octanol–water partition coefficient (Wildman–Crippen LogP) is 4.88. The molecule has 0 saturated heterocycles. The molecule has 2 nitrogen and oxygen atoms in total. The molecule has 0 saturated carbocycles. The van der Waals surface area contributed by atoms with Gasteiger partial charge in [-0.2, -0.15) is 0 Å². The molecule has 2 aromatic rings. The lowest BCUT2D eigenvalue weighted by Crippen LogP contribution is -2.00. The van der Waals surface area contributed by atoms with Gasteiger partial charge in [-0.3, -0.25) is 0 Å². The number of hydrogen-bond acceptors (Lipinski definition) is 2. The van der Waals surface area contributed by atoms with Gasteiger partial charge in [0.05, 0.1) is 0 Å². The van der Waals surface area contributed by atoms with Gasteiger partial charge in [-0.15, -0.1) is 0 Å². The Morgan fingerprint density at radius 2 is 1.56 bits per heavy atom. The summed E-state index contributed by atoms with van der Waals surface area (Å²) in [6, 6.07) is 7.90. The average Bonchev–Trinajstić information content (AvgIpc) is 2.27. The van der Waals surface area contributed by atoms with E-state index in [1.54, 1.807) is 0 Å². The Morgan fingerprint density at radius 1 is 1.00 bits per heavy atom. The predicted molar refractivity (Wildman–Crippen MR) is 76.3 cm³/mol. The van der Waals surface area contributed by atoms with Crippen LogP contribution in [0.15, 0.2) is 24.3 Å². The van der Waals surface area contributed by atoms with Crippen LogP contribution in [0.2, 0.25) is 10.3 Å². The molecule has 1 heterocycles. The van der Waals surface area contributed by atoms with Gasteiger partial charge >= 0.3 is 0 Å². The van der Waals surface area contributed by atoms with E-state index in [9.17, 15) is 0 Å². The average molecular weight is 281 g/mol. The summed E-state index contributed by atoms with van der Waals surface area (Å²) in [5, 5.41) is 0.867. The fourth-order valence-corrected chi connectivity index (χ4v) is 2.66. The summed E-state index contributed by atoms with van der Waals surface area (Å²) < 4.78 is 0. The molecule has 1 aromatic heterocycles. The standard InChI is InChI=1S/C14H14Cl2N2/c1-8(2)11-12(15)17-14(18-13(11)16)10-7-5-4-6-9(10)3/h4-8H,1-3H3. The van der Waals surface area contributed by atoms with E-state index in [4.69, 9.17) is 23.2 Å². The second-order valence-electron chi connectivity index (χ2n) is 4.51. The molecule has 0 aliphatic heterocycles. The molecule has 0 spiro atoms. The first kappa shape index (κ1) is 13.3. The molecule has 0 amide bonds. The molecule has 0 aliphatic carbocycles. The molecular formula is C14H14Cl2N2. The topological polar surface area (TPSA) is 25.8 Å². The van der Waals surface area contributed by atoms with E-state index in [0.29, 0.717) is 16.1 Å². The van der Waals surface area contributed by atoms with Gasteiger partial charge in [0.25, 0.3) is 0 Å². The first-order valence-corrected chi connectivity index (χ1v) is 6.55. The number of halogens is 2. The number of hydrogen-bond donors (Lipinski definition) is 0. The van der Waals surface area contributed by atoms with Crippen LogP contribution in [0.4, 0.5) is 0 Å². The SMILES string of the molecule is Cc1ccccc1-c1nc(Cl)c(C(C)C)c(Cl)n1. The summed E-state index contributed by atoms with van der Waals surface area (Å²) in [4.78, 5) is 8.71. The number of nitrogens with zero attached hydrogens (tertiary/aromatic N) is 2. The highest BCUT2D eigenvalue weighted by Gasteiger charge is 2.16. The molecule has 18 heavy (non-hydrogen) atoms. The highest BCUT2D eigenvalue weighted by atomic mass is 35.5. The lowest BCUT2D eigenvalue weighted by atomic mass is 10.1. The fourth-order valence-electron chi connectivity index (χ4n) is 1.84. The lowest BCUT2D eigenvalue weighted by Gasteiger charge is -2.11. The maximum absolute atomic E-state index is 6.20. The van der Waals surface area contributed by atoms with E-state index in [-0.39, 0.29) is 5.92 Å². The van der Waals surface area contributed by atoms with Gasteiger partial charge in [-0.1, -0.05) is 61.3 Å². The zero-order valence-corrected chi connectivity index (χ0v) is 12.0. The van der Waals surface area contributed by atoms with Crippen molar-refractivity contribution >= 4 is 23.2 Å². The van der Waals surface area contributed by atoms with Crippen LogP contribution in [0, 0.1) is 6.92 Å². The molecule has 0 atom stereocenters. The molecule has 0 N–H and O–H groups in total. The zero-order valence-electron chi connectivity index (χ0n) is 10.5. The number of aromatic nitrogens is 2. The minimum atomic E-state index is 0.205. The molecule has 0 unspecified atom stereocenters. The Balaban J connectivity index is 2.59. The highest BCUT2D eigenvalue weighted by Crippen LogP contribution is 2.31. The third kappa shape index (κ3) is 2.50. The second-order valence-corrected chi connectivity index (χ2v) is 5.23. The van der Waals surface area contributed by atoms with Crippen molar-refractivity contribution in [3.05, 3.63) is 45.7 Å². The monoisotopic (exact) mass is 280 g/mol. The van der Waals surface area contributed by atoms with Crippen LogP contribution in [-0.2, 0) is 0 Å². The van der Waals surface area contributed by atoms with Crippen LogP contribution in [0.1, 0.15) is 30.9 Å². The summed E-state index contributed by atoms with van der Waals surface area (Å²) >= 11 is 12.4. The zero-order chi connectivity index (χ0) is 13.3. The normalized spacial score (nSPS) is 11.0. The van der Waals surface area contributed by atoms with Crippen molar-refractivity contribution in [3.63, 3.8) is 0 Å². The van der Waals surface area contributed by atoms with Gasteiger partial charge in [-0.25, -0.2) is 9.97 Å². The summed E-state index contributed by atoms with van der Waals surface area (Å²) in [5.74, 6) is 0.781. The Hall–Kier alpha value is -1.12. The van der Waals surface area contributed by atoms with Gasteiger partial charge in [0.15, 0.2) is 5.82 Å². The first-order chi connectivity index (χ1) is 8.50. The molecule has 4 heteroatoms. The van der Waals surface area contributed by atoms with Crippen molar-refractivity contribution in [2.45, 2.75) is 26.7 Å². The van der Waals surface area contributed by atoms with Crippen molar-refractivity contribution in [1.29, 1.82) is 0 Å². The van der Waals surface area contributed by atoms with E-state index < -0.39 is 0 Å². The van der Waals surface area contributed by atoms with E-state index in [2.05, 4.69) is 9.97 Å². The molecule has 0 aliphatic rings. The van der Waals surface area contributed by atoms with Crippen molar-refractivity contribution < 1.29 is 0 Å². The smallest absolute Gasteiger partial charge is 0.162 e. The van der Waals surface area contributed by atoms with Crippen molar-refractivity contribution in [2.75, 3.05) is 0 Å². The molecular weight excluding hydrogens is 267 g/mol.